The van der Waals surface area contributed by atoms with Crippen LogP contribution in [0.3, 0.4) is 0 Å². The zero-order valence-electron chi connectivity index (χ0n) is 17.6. The first-order chi connectivity index (χ1) is 14.2. The van der Waals surface area contributed by atoms with Crippen LogP contribution in [-0.4, -0.2) is 51.9 Å². The molecule has 1 aromatic heterocycles. The highest BCUT2D eigenvalue weighted by atomic mass is 35.5. The molecule has 4 rings (SSSR count). The van der Waals surface area contributed by atoms with E-state index in [0.717, 1.165) is 25.2 Å². The maximum Gasteiger partial charge on any atom is 0.253 e. The predicted octanol–water partition coefficient (Wildman–Crippen LogP) is 3.52. The molecule has 0 radical (unpaired) electrons. The fourth-order valence-electron chi connectivity index (χ4n) is 4.84. The Morgan fingerprint density at radius 1 is 1.30 bits per heavy atom. The SMILES string of the molecule is C[C@H]1CCC[C@@](O)(CNC(=O)c2c(Cl)ccc3nc(N4CCC(C)(O)C4)ccc23)C1. The van der Waals surface area contributed by atoms with Crippen LogP contribution in [0.25, 0.3) is 10.9 Å². The van der Waals surface area contributed by atoms with Crippen molar-refractivity contribution < 1.29 is 15.0 Å². The normalized spacial score (nSPS) is 29.4. The summed E-state index contributed by atoms with van der Waals surface area (Å²) in [6.07, 6.45) is 4.18. The molecule has 2 aliphatic rings. The molecule has 1 aromatic carbocycles. The molecular weight excluding hydrogens is 402 g/mol. The second-order valence-corrected chi connectivity index (χ2v) is 9.84. The van der Waals surface area contributed by atoms with Gasteiger partial charge in [0, 0.05) is 25.0 Å². The van der Waals surface area contributed by atoms with Crippen molar-refractivity contribution in [2.45, 2.75) is 57.2 Å². The van der Waals surface area contributed by atoms with Crippen LogP contribution in [0.2, 0.25) is 5.02 Å². The summed E-state index contributed by atoms with van der Waals surface area (Å²) in [6, 6.07) is 7.23. The number of halogens is 1. The number of nitrogens with zero attached hydrogens (tertiary/aromatic N) is 2. The molecule has 1 amide bonds. The molecule has 1 saturated heterocycles. The van der Waals surface area contributed by atoms with Gasteiger partial charge in [0.25, 0.3) is 5.91 Å². The third kappa shape index (κ3) is 4.41. The maximum atomic E-state index is 13.0. The predicted molar refractivity (Wildman–Crippen MR) is 119 cm³/mol. The number of nitrogens with one attached hydrogen (secondary N) is 1. The summed E-state index contributed by atoms with van der Waals surface area (Å²) in [5.74, 6) is 0.936. The van der Waals surface area contributed by atoms with Gasteiger partial charge in [0.15, 0.2) is 0 Å². The van der Waals surface area contributed by atoms with E-state index in [2.05, 4.69) is 12.2 Å². The van der Waals surface area contributed by atoms with Crippen molar-refractivity contribution in [3.05, 3.63) is 34.9 Å². The Bertz CT molecular complexity index is 964. The molecule has 2 heterocycles. The Hall–Kier alpha value is -1.89. The number of carbonyl (C=O) groups excluding carboxylic acids is 1. The summed E-state index contributed by atoms with van der Waals surface area (Å²) >= 11 is 6.39. The zero-order chi connectivity index (χ0) is 21.5. The number of benzene rings is 1. The highest BCUT2D eigenvalue weighted by molar-refractivity contribution is 6.35. The van der Waals surface area contributed by atoms with Crippen molar-refractivity contribution in [3.63, 3.8) is 0 Å². The van der Waals surface area contributed by atoms with Crippen molar-refractivity contribution in [2.24, 2.45) is 5.92 Å². The average molecular weight is 432 g/mol. The summed E-state index contributed by atoms with van der Waals surface area (Å²) in [5, 5.41) is 25.0. The standard InChI is InChI=1S/C23H30ClN3O3/c1-15-4-3-9-23(30,12-15)13-25-21(28)20-16-5-8-19(26-18(16)7-6-17(20)24)27-11-10-22(2,29)14-27/h5-8,15,29-30H,3-4,9-14H2,1-2H3,(H,25,28)/t15-,22?,23-/m0/s1. The number of aromatic nitrogens is 1. The number of fused-ring (bicyclic) bond motifs is 1. The second kappa shape index (κ2) is 7.98. The molecule has 1 aliphatic carbocycles. The van der Waals surface area contributed by atoms with E-state index in [9.17, 15) is 15.0 Å². The van der Waals surface area contributed by atoms with E-state index in [1.165, 1.54) is 0 Å². The van der Waals surface area contributed by atoms with Gasteiger partial charge in [-0.25, -0.2) is 4.98 Å². The Morgan fingerprint density at radius 3 is 2.80 bits per heavy atom. The number of hydrogen-bond donors (Lipinski definition) is 3. The largest absolute Gasteiger partial charge is 0.388 e. The number of carbonyl (C=O) groups is 1. The highest BCUT2D eigenvalue weighted by Crippen LogP contribution is 2.33. The van der Waals surface area contributed by atoms with Gasteiger partial charge in [0.05, 0.1) is 27.3 Å². The summed E-state index contributed by atoms with van der Waals surface area (Å²) in [6.45, 7) is 5.46. The van der Waals surface area contributed by atoms with Crippen LogP contribution >= 0.6 is 11.6 Å². The fraction of sp³-hybridized carbons (Fsp3) is 0.565. The minimum absolute atomic E-state index is 0.220. The topological polar surface area (TPSA) is 85.7 Å². The number of pyridine rings is 1. The first-order valence-electron chi connectivity index (χ1n) is 10.7. The van der Waals surface area contributed by atoms with Crippen molar-refractivity contribution in [2.75, 3.05) is 24.5 Å². The molecule has 3 atom stereocenters. The minimum atomic E-state index is -0.859. The average Bonchev–Trinajstić information content (AvgIpc) is 3.05. The van der Waals surface area contributed by atoms with Crippen LogP contribution in [0.4, 0.5) is 5.82 Å². The lowest BCUT2D eigenvalue weighted by Gasteiger charge is -2.35. The number of anilines is 1. The van der Waals surface area contributed by atoms with Crippen LogP contribution < -0.4 is 10.2 Å². The molecule has 1 unspecified atom stereocenters. The highest BCUT2D eigenvalue weighted by Gasteiger charge is 2.34. The van der Waals surface area contributed by atoms with E-state index in [-0.39, 0.29) is 12.5 Å². The summed E-state index contributed by atoms with van der Waals surface area (Å²) in [7, 11) is 0. The van der Waals surface area contributed by atoms with E-state index in [0.29, 0.717) is 53.2 Å². The monoisotopic (exact) mass is 431 g/mol. The zero-order valence-corrected chi connectivity index (χ0v) is 18.4. The van der Waals surface area contributed by atoms with Gasteiger partial charge in [-0.05, 0) is 56.4 Å². The van der Waals surface area contributed by atoms with Gasteiger partial charge in [-0.3, -0.25) is 4.79 Å². The van der Waals surface area contributed by atoms with Crippen molar-refractivity contribution in [1.29, 1.82) is 0 Å². The Labute approximate surface area is 182 Å². The summed E-state index contributed by atoms with van der Waals surface area (Å²) in [4.78, 5) is 19.8. The number of rotatable bonds is 4. The molecule has 162 valence electrons. The Morgan fingerprint density at radius 2 is 2.10 bits per heavy atom. The number of hydrogen-bond acceptors (Lipinski definition) is 5. The molecule has 1 aliphatic heterocycles. The van der Waals surface area contributed by atoms with E-state index >= 15 is 0 Å². The molecular formula is C23H30ClN3O3. The number of β-amino-alcohol motifs (C(OH)–C–C–N with tert-alkyl or cyclic N) is 1. The van der Waals surface area contributed by atoms with E-state index < -0.39 is 11.2 Å². The number of amides is 1. The van der Waals surface area contributed by atoms with Crippen molar-refractivity contribution in [1.82, 2.24) is 10.3 Å². The fourth-order valence-corrected chi connectivity index (χ4v) is 5.09. The third-order valence-electron chi connectivity index (χ3n) is 6.45. The Kier molecular flexibility index (Phi) is 5.68. The van der Waals surface area contributed by atoms with E-state index in [1.807, 2.05) is 30.0 Å². The summed E-state index contributed by atoms with van der Waals surface area (Å²) in [5.41, 5.74) is -0.506. The van der Waals surface area contributed by atoms with Crippen molar-refractivity contribution in [3.8, 4) is 0 Å². The van der Waals surface area contributed by atoms with Gasteiger partial charge >= 0.3 is 0 Å². The van der Waals surface area contributed by atoms with Crippen LogP contribution in [-0.2, 0) is 0 Å². The first kappa shape index (κ1) is 21.3. The smallest absolute Gasteiger partial charge is 0.253 e. The number of aliphatic hydroxyl groups is 2. The van der Waals surface area contributed by atoms with Crippen LogP contribution in [0.5, 0.6) is 0 Å². The molecule has 30 heavy (non-hydrogen) atoms. The molecule has 2 aromatic rings. The molecule has 0 spiro atoms. The van der Waals surface area contributed by atoms with Crippen LogP contribution in [0.1, 0.15) is 56.3 Å². The van der Waals surface area contributed by atoms with E-state index in [4.69, 9.17) is 16.6 Å². The molecule has 7 heteroatoms. The summed E-state index contributed by atoms with van der Waals surface area (Å²) < 4.78 is 0. The van der Waals surface area contributed by atoms with E-state index in [1.54, 1.807) is 6.07 Å². The molecule has 2 fully saturated rings. The van der Waals surface area contributed by atoms with Gasteiger partial charge in [-0.1, -0.05) is 31.4 Å². The lowest BCUT2D eigenvalue weighted by Crippen LogP contribution is -2.45. The van der Waals surface area contributed by atoms with Gasteiger partial charge in [-0.2, -0.15) is 0 Å². The van der Waals surface area contributed by atoms with Crippen LogP contribution in [0.15, 0.2) is 24.3 Å². The maximum absolute atomic E-state index is 13.0. The third-order valence-corrected chi connectivity index (χ3v) is 6.77. The first-order valence-corrected chi connectivity index (χ1v) is 11.1. The lowest BCUT2D eigenvalue weighted by atomic mass is 9.79. The minimum Gasteiger partial charge on any atom is -0.388 e. The van der Waals surface area contributed by atoms with Crippen LogP contribution in [0, 0.1) is 5.92 Å². The molecule has 1 saturated carbocycles. The molecule has 0 bridgehead atoms. The van der Waals surface area contributed by atoms with Crippen molar-refractivity contribution >= 4 is 34.2 Å². The van der Waals surface area contributed by atoms with Gasteiger partial charge in [0.1, 0.15) is 5.82 Å². The van der Waals surface area contributed by atoms with Gasteiger partial charge in [0.2, 0.25) is 0 Å². The Balaban J connectivity index is 1.56. The van der Waals surface area contributed by atoms with Gasteiger partial charge in [-0.15, -0.1) is 0 Å². The second-order valence-electron chi connectivity index (χ2n) is 9.44. The molecule has 3 N–H and O–H groups in total. The quantitative estimate of drug-likeness (QED) is 0.689. The molecule has 6 nitrogen and oxygen atoms in total. The van der Waals surface area contributed by atoms with Gasteiger partial charge < -0.3 is 20.4 Å². The lowest BCUT2D eigenvalue weighted by molar-refractivity contribution is -0.0109.